The van der Waals surface area contributed by atoms with Gasteiger partial charge in [-0.1, -0.05) is 24.3 Å². The molecule has 28 heavy (non-hydrogen) atoms. The van der Waals surface area contributed by atoms with E-state index in [1.54, 1.807) is 6.92 Å². The standard InChI is InChI=1S/C22H27N3O3/c1-4-25-20-8-6-5-7-18(20)19-13-17(9-10-21(19)25)14-24(15(2)22(27)28)12-11-23-16(3)26/h5-10,13,15H,4,11-12,14H2,1-3H3,(H,23,26)(H,27,28). The van der Waals surface area contributed by atoms with Crippen LogP contribution in [0.4, 0.5) is 0 Å². The number of rotatable bonds is 8. The molecule has 6 heteroatoms. The molecule has 0 spiro atoms. The molecular weight excluding hydrogens is 354 g/mol. The van der Waals surface area contributed by atoms with E-state index in [2.05, 4.69) is 47.1 Å². The molecule has 6 nitrogen and oxygen atoms in total. The van der Waals surface area contributed by atoms with Crippen LogP contribution in [0.25, 0.3) is 21.8 Å². The Labute approximate surface area is 164 Å². The van der Waals surface area contributed by atoms with Gasteiger partial charge in [-0.15, -0.1) is 0 Å². The molecule has 2 N–H and O–H groups in total. The SMILES string of the molecule is CCn1c2ccccc2c2cc(CN(CCNC(C)=O)C(C)C(=O)O)ccc21. The number of carbonyl (C=O) groups excluding carboxylic acids is 1. The topological polar surface area (TPSA) is 74.6 Å². The van der Waals surface area contributed by atoms with Crippen LogP contribution in [-0.4, -0.2) is 45.6 Å². The van der Waals surface area contributed by atoms with Crippen LogP contribution >= 0.6 is 0 Å². The molecule has 0 aliphatic heterocycles. The van der Waals surface area contributed by atoms with E-state index in [-0.39, 0.29) is 5.91 Å². The van der Waals surface area contributed by atoms with Crippen molar-refractivity contribution >= 4 is 33.7 Å². The third kappa shape index (κ3) is 4.02. The second-order valence-electron chi connectivity index (χ2n) is 7.08. The second-order valence-corrected chi connectivity index (χ2v) is 7.08. The summed E-state index contributed by atoms with van der Waals surface area (Å²) < 4.78 is 2.29. The predicted molar refractivity (Wildman–Crippen MR) is 111 cm³/mol. The van der Waals surface area contributed by atoms with Gasteiger partial charge in [-0.25, -0.2) is 0 Å². The van der Waals surface area contributed by atoms with Crippen LogP contribution in [0, 0.1) is 0 Å². The zero-order chi connectivity index (χ0) is 20.3. The first-order valence-corrected chi connectivity index (χ1v) is 9.63. The van der Waals surface area contributed by atoms with Crippen molar-refractivity contribution < 1.29 is 14.7 Å². The van der Waals surface area contributed by atoms with Crippen molar-refractivity contribution in [3.63, 3.8) is 0 Å². The lowest BCUT2D eigenvalue weighted by Gasteiger charge is -2.26. The number of carbonyl (C=O) groups is 2. The molecule has 0 aliphatic carbocycles. The number of amides is 1. The Morgan fingerprint density at radius 2 is 1.86 bits per heavy atom. The Morgan fingerprint density at radius 1 is 1.14 bits per heavy atom. The Bertz CT molecular complexity index is 1010. The van der Waals surface area contributed by atoms with Crippen molar-refractivity contribution in [3.8, 4) is 0 Å². The van der Waals surface area contributed by atoms with Gasteiger partial charge in [0, 0.05) is 54.9 Å². The van der Waals surface area contributed by atoms with Crippen LogP contribution in [0.5, 0.6) is 0 Å². The number of aliphatic carboxylic acids is 1. The molecule has 0 saturated carbocycles. The van der Waals surface area contributed by atoms with Gasteiger partial charge in [0.15, 0.2) is 0 Å². The summed E-state index contributed by atoms with van der Waals surface area (Å²) in [5, 5.41) is 14.6. The van der Waals surface area contributed by atoms with E-state index in [0.717, 1.165) is 12.1 Å². The van der Waals surface area contributed by atoms with Gasteiger partial charge in [-0.2, -0.15) is 0 Å². The van der Waals surface area contributed by atoms with Crippen molar-refractivity contribution in [2.75, 3.05) is 13.1 Å². The smallest absolute Gasteiger partial charge is 0.320 e. The summed E-state index contributed by atoms with van der Waals surface area (Å²) in [7, 11) is 0. The Balaban J connectivity index is 1.93. The predicted octanol–water partition coefficient (Wildman–Crippen LogP) is 3.23. The average molecular weight is 381 g/mol. The third-order valence-electron chi connectivity index (χ3n) is 5.22. The number of benzene rings is 2. The molecule has 1 aromatic heterocycles. The Morgan fingerprint density at radius 3 is 2.54 bits per heavy atom. The summed E-state index contributed by atoms with van der Waals surface area (Å²) in [5.41, 5.74) is 3.45. The van der Waals surface area contributed by atoms with Crippen LogP contribution in [0.1, 0.15) is 26.3 Å². The minimum Gasteiger partial charge on any atom is -0.480 e. The number of carboxylic acid groups (broad SMARTS) is 1. The maximum absolute atomic E-state index is 11.5. The van der Waals surface area contributed by atoms with Gasteiger partial charge in [-0.05, 0) is 37.6 Å². The average Bonchev–Trinajstić information content (AvgIpc) is 2.99. The summed E-state index contributed by atoms with van der Waals surface area (Å²) in [6.07, 6.45) is 0. The second kappa shape index (κ2) is 8.44. The van der Waals surface area contributed by atoms with Gasteiger partial charge in [0.2, 0.25) is 5.91 Å². The van der Waals surface area contributed by atoms with Crippen molar-refractivity contribution in [2.24, 2.45) is 0 Å². The number of nitrogens with one attached hydrogen (secondary N) is 1. The van der Waals surface area contributed by atoms with Crippen molar-refractivity contribution in [2.45, 2.75) is 39.9 Å². The fourth-order valence-electron chi connectivity index (χ4n) is 3.72. The summed E-state index contributed by atoms with van der Waals surface area (Å²) in [5.74, 6) is -0.983. The van der Waals surface area contributed by atoms with Crippen LogP contribution in [-0.2, 0) is 22.7 Å². The molecule has 3 aromatic rings. The molecule has 1 heterocycles. The van der Waals surface area contributed by atoms with Gasteiger partial charge >= 0.3 is 5.97 Å². The molecule has 1 atom stereocenters. The first kappa shape index (κ1) is 19.9. The first-order chi connectivity index (χ1) is 13.4. The number of fused-ring (bicyclic) bond motifs is 3. The minimum atomic E-state index is -0.869. The van der Waals surface area contributed by atoms with Crippen molar-refractivity contribution in [1.29, 1.82) is 0 Å². The lowest BCUT2D eigenvalue weighted by molar-refractivity contribution is -0.142. The van der Waals surface area contributed by atoms with Crippen LogP contribution < -0.4 is 5.32 Å². The highest BCUT2D eigenvalue weighted by Gasteiger charge is 2.21. The number of hydrogen-bond acceptors (Lipinski definition) is 3. The lowest BCUT2D eigenvalue weighted by Crippen LogP contribution is -2.42. The third-order valence-corrected chi connectivity index (χ3v) is 5.22. The zero-order valence-corrected chi connectivity index (χ0v) is 16.6. The van der Waals surface area contributed by atoms with Gasteiger partial charge in [0.25, 0.3) is 0 Å². The van der Waals surface area contributed by atoms with Crippen molar-refractivity contribution in [3.05, 3.63) is 48.0 Å². The van der Waals surface area contributed by atoms with E-state index >= 15 is 0 Å². The maximum atomic E-state index is 11.5. The summed E-state index contributed by atoms with van der Waals surface area (Å²) in [6.45, 7) is 7.57. The molecule has 1 amide bonds. The highest BCUT2D eigenvalue weighted by molar-refractivity contribution is 6.08. The van der Waals surface area contributed by atoms with Crippen molar-refractivity contribution in [1.82, 2.24) is 14.8 Å². The van der Waals surface area contributed by atoms with E-state index in [9.17, 15) is 14.7 Å². The number of carboxylic acids is 1. The van der Waals surface area contributed by atoms with Gasteiger partial charge in [0.05, 0.1) is 0 Å². The maximum Gasteiger partial charge on any atom is 0.320 e. The number of aromatic nitrogens is 1. The Hall–Kier alpha value is -2.86. The van der Waals surface area contributed by atoms with Crippen LogP contribution in [0.3, 0.4) is 0 Å². The molecule has 0 radical (unpaired) electrons. The summed E-state index contributed by atoms with van der Waals surface area (Å²) in [4.78, 5) is 24.5. The zero-order valence-electron chi connectivity index (χ0n) is 16.6. The number of para-hydroxylation sites is 1. The molecule has 0 fully saturated rings. The normalized spacial score (nSPS) is 12.6. The molecule has 2 aromatic carbocycles. The molecule has 148 valence electrons. The van der Waals surface area contributed by atoms with Crippen LogP contribution in [0.2, 0.25) is 0 Å². The fourth-order valence-corrected chi connectivity index (χ4v) is 3.72. The quantitative estimate of drug-likeness (QED) is 0.628. The number of aryl methyl sites for hydroxylation is 1. The van der Waals surface area contributed by atoms with Gasteiger partial charge in [-0.3, -0.25) is 14.5 Å². The first-order valence-electron chi connectivity index (χ1n) is 9.63. The summed E-state index contributed by atoms with van der Waals surface area (Å²) in [6, 6.07) is 14.0. The molecule has 3 rings (SSSR count). The van der Waals surface area contributed by atoms with E-state index in [1.165, 1.54) is 28.7 Å². The van der Waals surface area contributed by atoms with E-state index in [4.69, 9.17) is 0 Å². The van der Waals surface area contributed by atoms with E-state index < -0.39 is 12.0 Å². The van der Waals surface area contributed by atoms with Gasteiger partial charge in [0.1, 0.15) is 6.04 Å². The molecule has 0 bridgehead atoms. The summed E-state index contributed by atoms with van der Waals surface area (Å²) >= 11 is 0. The highest BCUT2D eigenvalue weighted by atomic mass is 16.4. The molecule has 0 saturated heterocycles. The molecule has 0 aliphatic rings. The molecular formula is C22H27N3O3. The Kier molecular flexibility index (Phi) is 5.99. The number of hydrogen-bond donors (Lipinski definition) is 2. The van der Waals surface area contributed by atoms with E-state index in [1.807, 2.05) is 17.0 Å². The molecule has 1 unspecified atom stereocenters. The minimum absolute atomic E-state index is 0.114. The lowest BCUT2D eigenvalue weighted by atomic mass is 10.1. The monoisotopic (exact) mass is 381 g/mol. The van der Waals surface area contributed by atoms with Crippen LogP contribution in [0.15, 0.2) is 42.5 Å². The van der Waals surface area contributed by atoms with E-state index in [0.29, 0.717) is 19.6 Å². The fraction of sp³-hybridized carbons (Fsp3) is 0.364. The van der Waals surface area contributed by atoms with Gasteiger partial charge < -0.3 is 15.0 Å². The largest absolute Gasteiger partial charge is 0.480 e. The number of nitrogens with zero attached hydrogens (tertiary/aromatic N) is 2. The highest BCUT2D eigenvalue weighted by Crippen LogP contribution is 2.30.